The Hall–Kier alpha value is -2.35. The van der Waals surface area contributed by atoms with Crippen LogP contribution in [-0.4, -0.2) is 47.8 Å². The summed E-state index contributed by atoms with van der Waals surface area (Å²) < 4.78 is 3.62. The van der Waals surface area contributed by atoms with Crippen molar-refractivity contribution in [1.82, 2.24) is 24.1 Å². The van der Waals surface area contributed by atoms with Gasteiger partial charge in [-0.3, -0.25) is 18.6 Å². The minimum absolute atomic E-state index is 0.0486. The van der Waals surface area contributed by atoms with Gasteiger partial charge in [0.25, 0.3) is 5.56 Å². The van der Waals surface area contributed by atoms with Crippen molar-refractivity contribution in [3.63, 3.8) is 0 Å². The maximum atomic E-state index is 13.3. The fraction of sp³-hybridized carbons (Fsp3) is 0.565. The lowest BCUT2D eigenvalue weighted by atomic mass is 9.94. The Morgan fingerprint density at radius 2 is 1.94 bits per heavy atom. The summed E-state index contributed by atoms with van der Waals surface area (Å²) in [6.45, 7) is 7.36. The lowest BCUT2D eigenvalue weighted by Gasteiger charge is -2.35. The molecule has 1 aromatic carbocycles. The predicted octanol–water partition coefficient (Wildman–Crippen LogP) is 4.12. The molecule has 1 aliphatic rings. The number of amides is 1. The quantitative estimate of drug-likeness (QED) is 0.516. The summed E-state index contributed by atoms with van der Waals surface area (Å²) in [6.07, 6.45) is 6.69. The molecule has 0 saturated heterocycles. The van der Waals surface area contributed by atoms with Gasteiger partial charge in [0.15, 0.2) is 5.16 Å². The number of carbonyl (C=O) groups is 1. The highest BCUT2D eigenvalue weighted by Gasteiger charge is 2.29. The van der Waals surface area contributed by atoms with E-state index in [1.54, 1.807) is 4.57 Å². The normalized spacial score (nSPS) is 16.1. The standard InChI is InChI=1S/C23H31N5O2S/c1-4-15-27-21(30)18-13-9-10-14-19(18)28-22(27)24-25-23(28)31-16(3)20(29)26(5-2)17-11-7-6-8-12-17/h9-10,13-14,16-17H,4-8,11-12,15H2,1-3H3. The maximum Gasteiger partial charge on any atom is 0.262 e. The minimum atomic E-state index is -0.278. The Labute approximate surface area is 186 Å². The van der Waals surface area contributed by atoms with Crippen LogP contribution in [0.4, 0.5) is 0 Å². The van der Waals surface area contributed by atoms with Crippen LogP contribution in [0, 0.1) is 0 Å². The molecule has 0 N–H and O–H groups in total. The number of hydrogen-bond donors (Lipinski definition) is 0. The second-order valence-electron chi connectivity index (χ2n) is 8.27. The number of fused-ring (bicyclic) bond motifs is 3. The van der Waals surface area contributed by atoms with Gasteiger partial charge in [-0.05, 0) is 45.2 Å². The molecule has 3 aromatic rings. The number of hydrogen-bond acceptors (Lipinski definition) is 5. The number of nitrogens with zero attached hydrogens (tertiary/aromatic N) is 5. The van der Waals surface area contributed by atoms with Gasteiger partial charge in [-0.1, -0.05) is 50.1 Å². The largest absolute Gasteiger partial charge is 0.339 e. The second-order valence-corrected chi connectivity index (χ2v) is 9.58. The third-order valence-corrected chi connectivity index (χ3v) is 7.22. The van der Waals surface area contributed by atoms with Crippen molar-refractivity contribution < 1.29 is 4.79 Å². The van der Waals surface area contributed by atoms with E-state index in [1.165, 1.54) is 31.0 Å². The van der Waals surface area contributed by atoms with Crippen LogP contribution in [0.2, 0.25) is 0 Å². The van der Waals surface area contributed by atoms with E-state index < -0.39 is 0 Å². The number of aromatic nitrogens is 4. The monoisotopic (exact) mass is 441 g/mol. The first-order valence-electron chi connectivity index (χ1n) is 11.4. The van der Waals surface area contributed by atoms with Crippen LogP contribution in [0.1, 0.15) is 59.3 Å². The van der Waals surface area contributed by atoms with Crippen molar-refractivity contribution >= 4 is 34.3 Å². The Morgan fingerprint density at radius 1 is 1.19 bits per heavy atom. The van der Waals surface area contributed by atoms with Crippen LogP contribution >= 0.6 is 11.8 Å². The molecule has 0 spiro atoms. The van der Waals surface area contributed by atoms with E-state index in [0.717, 1.165) is 31.3 Å². The van der Waals surface area contributed by atoms with Gasteiger partial charge in [0.05, 0.1) is 16.2 Å². The highest BCUT2D eigenvalue weighted by molar-refractivity contribution is 8.00. The topological polar surface area (TPSA) is 72.5 Å². The van der Waals surface area contributed by atoms with E-state index >= 15 is 0 Å². The Kier molecular flexibility index (Phi) is 6.65. The van der Waals surface area contributed by atoms with Gasteiger partial charge in [0.1, 0.15) is 0 Å². The maximum absolute atomic E-state index is 13.3. The van der Waals surface area contributed by atoms with Gasteiger partial charge >= 0.3 is 0 Å². The zero-order valence-corrected chi connectivity index (χ0v) is 19.4. The molecule has 2 aromatic heterocycles. The van der Waals surface area contributed by atoms with Crippen LogP contribution < -0.4 is 5.56 Å². The average Bonchev–Trinajstić information content (AvgIpc) is 3.21. The van der Waals surface area contributed by atoms with Gasteiger partial charge in [-0.2, -0.15) is 0 Å². The average molecular weight is 442 g/mol. The van der Waals surface area contributed by atoms with E-state index in [-0.39, 0.29) is 16.7 Å². The van der Waals surface area contributed by atoms with E-state index in [2.05, 4.69) is 17.1 Å². The van der Waals surface area contributed by atoms with Gasteiger partial charge < -0.3 is 4.90 Å². The first-order chi connectivity index (χ1) is 15.1. The molecule has 0 bridgehead atoms. The molecule has 7 nitrogen and oxygen atoms in total. The first-order valence-corrected chi connectivity index (χ1v) is 12.3. The minimum Gasteiger partial charge on any atom is -0.339 e. The summed E-state index contributed by atoms with van der Waals surface area (Å²) in [4.78, 5) is 28.4. The van der Waals surface area contributed by atoms with Gasteiger partial charge in [-0.15, -0.1) is 10.2 Å². The number of carbonyl (C=O) groups excluding carboxylic acids is 1. The number of thioether (sulfide) groups is 1. The van der Waals surface area contributed by atoms with Crippen molar-refractivity contribution in [1.29, 1.82) is 0 Å². The molecular weight excluding hydrogens is 410 g/mol. The Balaban J connectivity index is 1.70. The molecule has 1 amide bonds. The summed E-state index contributed by atoms with van der Waals surface area (Å²) in [5, 5.41) is 9.75. The molecule has 0 radical (unpaired) electrons. The fourth-order valence-corrected chi connectivity index (χ4v) is 5.59. The van der Waals surface area contributed by atoms with Crippen molar-refractivity contribution in [2.24, 2.45) is 0 Å². The fourth-order valence-electron chi connectivity index (χ4n) is 4.66. The molecule has 8 heteroatoms. The number of para-hydroxylation sites is 1. The van der Waals surface area contributed by atoms with E-state index in [0.29, 0.717) is 28.9 Å². The van der Waals surface area contributed by atoms with Gasteiger partial charge in [0.2, 0.25) is 11.7 Å². The van der Waals surface area contributed by atoms with Crippen LogP contribution in [-0.2, 0) is 11.3 Å². The summed E-state index contributed by atoms with van der Waals surface area (Å²) in [7, 11) is 0. The van der Waals surface area contributed by atoms with Crippen molar-refractivity contribution in [3.8, 4) is 0 Å². The molecule has 1 unspecified atom stereocenters. The molecule has 31 heavy (non-hydrogen) atoms. The molecule has 1 atom stereocenters. The Morgan fingerprint density at radius 3 is 2.65 bits per heavy atom. The second kappa shape index (κ2) is 9.42. The molecule has 1 aliphatic carbocycles. The third kappa shape index (κ3) is 4.10. The zero-order valence-electron chi connectivity index (χ0n) is 18.6. The zero-order chi connectivity index (χ0) is 22.0. The SMILES string of the molecule is CCCn1c(=O)c2ccccc2n2c(SC(C)C(=O)N(CC)C3CCCCC3)nnc12. The van der Waals surface area contributed by atoms with Crippen LogP contribution in [0.3, 0.4) is 0 Å². The predicted molar refractivity (Wildman–Crippen MR) is 125 cm³/mol. The van der Waals surface area contributed by atoms with Gasteiger partial charge in [-0.25, -0.2) is 0 Å². The number of aryl methyl sites for hydroxylation is 1. The summed E-state index contributed by atoms with van der Waals surface area (Å²) >= 11 is 1.43. The van der Waals surface area contributed by atoms with Gasteiger partial charge in [0, 0.05) is 19.1 Å². The smallest absolute Gasteiger partial charge is 0.262 e. The lowest BCUT2D eigenvalue weighted by molar-refractivity contribution is -0.133. The first kappa shape index (κ1) is 21.9. The Bertz CT molecular complexity index is 1130. The van der Waals surface area contributed by atoms with Crippen molar-refractivity contribution in [2.45, 2.75) is 82.3 Å². The summed E-state index contributed by atoms with van der Waals surface area (Å²) in [5.74, 6) is 0.690. The molecular formula is C23H31N5O2S. The number of rotatable bonds is 7. The van der Waals surface area contributed by atoms with Crippen LogP contribution in [0.5, 0.6) is 0 Å². The molecule has 4 rings (SSSR count). The van der Waals surface area contributed by atoms with Crippen LogP contribution in [0.15, 0.2) is 34.2 Å². The van der Waals surface area contributed by atoms with Crippen molar-refractivity contribution in [2.75, 3.05) is 6.54 Å². The van der Waals surface area contributed by atoms with Crippen molar-refractivity contribution in [3.05, 3.63) is 34.6 Å². The van der Waals surface area contributed by atoms with Crippen LogP contribution in [0.25, 0.3) is 16.7 Å². The number of benzene rings is 1. The van der Waals surface area contributed by atoms with E-state index in [1.807, 2.05) is 47.4 Å². The molecule has 166 valence electrons. The highest BCUT2D eigenvalue weighted by atomic mass is 32.2. The molecule has 1 fully saturated rings. The molecule has 0 aliphatic heterocycles. The summed E-state index contributed by atoms with van der Waals surface area (Å²) in [5.41, 5.74) is 0.731. The van der Waals surface area contributed by atoms with E-state index in [4.69, 9.17) is 0 Å². The van der Waals surface area contributed by atoms with E-state index in [9.17, 15) is 9.59 Å². The summed E-state index contributed by atoms with van der Waals surface area (Å²) in [6, 6.07) is 7.89. The highest BCUT2D eigenvalue weighted by Crippen LogP contribution is 2.29. The molecule has 2 heterocycles. The molecule has 1 saturated carbocycles. The third-order valence-electron chi connectivity index (χ3n) is 6.19. The lowest BCUT2D eigenvalue weighted by Crippen LogP contribution is -2.44.